The molecule has 120 valence electrons. The zero-order valence-electron chi connectivity index (χ0n) is 13.8. The van der Waals surface area contributed by atoms with E-state index < -0.39 is 6.10 Å². The van der Waals surface area contributed by atoms with E-state index in [0.717, 1.165) is 23.1 Å². The fourth-order valence-corrected chi connectivity index (χ4v) is 4.30. The number of aryl methyl sites for hydroxylation is 1. The Bertz CT molecular complexity index is 542. The Labute approximate surface area is 133 Å². The van der Waals surface area contributed by atoms with Gasteiger partial charge in [0.2, 0.25) is 0 Å². The van der Waals surface area contributed by atoms with Gasteiger partial charge in [0.25, 0.3) is 5.91 Å². The van der Waals surface area contributed by atoms with Crippen LogP contribution in [0, 0.1) is 24.7 Å². The van der Waals surface area contributed by atoms with Gasteiger partial charge in [0.1, 0.15) is 5.75 Å². The lowest BCUT2D eigenvalue weighted by Crippen LogP contribution is -2.45. The maximum absolute atomic E-state index is 12.4. The molecule has 1 aromatic carbocycles. The molecule has 2 bridgehead atoms. The average molecular weight is 301 g/mol. The molecular formula is C19H27NO2. The van der Waals surface area contributed by atoms with Crippen molar-refractivity contribution in [2.24, 2.45) is 17.8 Å². The Morgan fingerprint density at radius 3 is 2.73 bits per heavy atom. The third-order valence-electron chi connectivity index (χ3n) is 5.48. The molecule has 0 spiro atoms. The Balaban J connectivity index is 1.52. The number of hydrogen-bond donors (Lipinski definition) is 1. The second kappa shape index (κ2) is 6.31. The number of hydrogen-bond acceptors (Lipinski definition) is 2. The monoisotopic (exact) mass is 301 g/mol. The second-order valence-corrected chi connectivity index (χ2v) is 7.21. The first kappa shape index (κ1) is 15.4. The third kappa shape index (κ3) is 3.29. The van der Waals surface area contributed by atoms with Gasteiger partial charge in [-0.25, -0.2) is 0 Å². The highest BCUT2D eigenvalue weighted by Gasteiger charge is 2.42. The minimum atomic E-state index is -0.456. The molecule has 2 fully saturated rings. The van der Waals surface area contributed by atoms with E-state index in [1.54, 1.807) is 0 Å². The van der Waals surface area contributed by atoms with Gasteiger partial charge in [-0.2, -0.15) is 0 Å². The molecule has 0 heterocycles. The number of benzene rings is 1. The predicted octanol–water partition coefficient (Wildman–Crippen LogP) is 3.70. The Kier molecular flexibility index (Phi) is 4.42. The van der Waals surface area contributed by atoms with Gasteiger partial charge in [-0.1, -0.05) is 18.6 Å². The van der Waals surface area contributed by atoms with Crippen LogP contribution in [0.2, 0.25) is 0 Å². The molecule has 1 N–H and O–H groups in total. The van der Waals surface area contributed by atoms with Crippen LogP contribution in [-0.2, 0) is 4.79 Å². The summed E-state index contributed by atoms with van der Waals surface area (Å²) in [7, 11) is 0. The van der Waals surface area contributed by atoms with Crippen molar-refractivity contribution < 1.29 is 9.53 Å². The van der Waals surface area contributed by atoms with Gasteiger partial charge in [0.15, 0.2) is 6.10 Å². The van der Waals surface area contributed by atoms with Gasteiger partial charge in [-0.05, 0) is 75.5 Å². The molecule has 2 aliphatic carbocycles. The molecule has 2 saturated carbocycles. The van der Waals surface area contributed by atoms with Crippen molar-refractivity contribution >= 4 is 5.91 Å². The standard InChI is InChI=1S/C19H27NO2/c1-12-5-4-6-17(9-12)22-14(3)19(21)20-13(2)18-11-15-7-8-16(18)10-15/h4-6,9,13-16,18H,7-8,10-11H2,1-3H3,(H,20,21)/t13-,14+,15-,16-,18+/m1/s1. The normalized spacial score (nSPS) is 29.1. The van der Waals surface area contributed by atoms with Crippen molar-refractivity contribution in [2.75, 3.05) is 0 Å². The summed E-state index contributed by atoms with van der Waals surface area (Å²) in [5, 5.41) is 3.18. The molecule has 2 aliphatic rings. The van der Waals surface area contributed by atoms with E-state index in [1.165, 1.54) is 25.7 Å². The van der Waals surface area contributed by atoms with E-state index >= 15 is 0 Å². The number of fused-ring (bicyclic) bond motifs is 2. The lowest BCUT2D eigenvalue weighted by molar-refractivity contribution is -0.128. The first-order valence-corrected chi connectivity index (χ1v) is 8.56. The topological polar surface area (TPSA) is 38.3 Å². The zero-order chi connectivity index (χ0) is 15.7. The van der Waals surface area contributed by atoms with Crippen molar-refractivity contribution in [1.82, 2.24) is 5.32 Å². The Hall–Kier alpha value is -1.51. The number of ether oxygens (including phenoxy) is 1. The molecular weight excluding hydrogens is 274 g/mol. The number of carbonyl (C=O) groups is 1. The van der Waals surface area contributed by atoms with Crippen LogP contribution >= 0.6 is 0 Å². The summed E-state index contributed by atoms with van der Waals surface area (Å²) in [5.74, 6) is 3.16. The maximum atomic E-state index is 12.4. The van der Waals surface area contributed by atoms with E-state index in [1.807, 2.05) is 38.1 Å². The molecule has 0 aliphatic heterocycles. The zero-order valence-corrected chi connectivity index (χ0v) is 13.8. The lowest BCUT2D eigenvalue weighted by atomic mass is 9.84. The van der Waals surface area contributed by atoms with Crippen LogP contribution in [-0.4, -0.2) is 18.1 Å². The minimum Gasteiger partial charge on any atom is -0.481 e. The maximum Gasteiger partial charge on any atom is 0.260 e. The van der Waals surface area contributed by atoms with Gasteiger partial charge in [0.05, 0.1) is 0 Å². The van der Waals surface area contributed by atoms with Crippen LogP contribution in [0.3, 0.4) is 0 Å². The molecule has 0 unspecified atom stereocenters. The molecule has 3 heteroatoms. The summed E-state index contributed by atoms with van der Waals surface area (Å²) in [6.45, 7) is 6.00. The summed E-state index contributed by atoms with van der Waals surface area (Å²) in [4.78, 5) is 12.4. The van der Waals surface area contributed by atoms with E-state index in [4.69, 9.17) is 4.74 Å². The lowest BCUT2D eigenvalue weighted by Gasteiger charge is -2.29. The van der Waals surface area contributed by atoms with Crippen molar-refractivity contribution in [3.63, 3.8) is 0 Å². The summed E-state index contributed by atoms with van der Waals surface area (Å²) >= 11 is 0. The quantitative estimate of drug-likeness (QED) is 0.900. The summed E-state index contributed by atoms with van der Waals surface area (Å²) in [5.41, 5.74) is 1.14. The highest BCUT2D eigenvalue weighted by atomic mass is 16.5. The smallest absolute Gasteiger partial charge is 0.260 e. The van der Waals surface area contributed by atoms with Crippen LogP contribution in [0.15, 0.2) is 24.3 Å². The Morgan fingerprint density at radius 1 is 1.27 bits per heavy atom. The van der Waals surface area contributed by atoms with Gasteiger partial charge in [-0.15, -0.1) is 0 Å². The molecule has 22 heavy (non-hydrogen) atoms. The van der Waals surface area contributed by atoms with Crippen molar-refractivity contribution in [2.45, 2.75) is 58.6 Å². The second-order valence-electron chi connectivity index (χ2n) is 7.21. The molecule has 3 nitrogen and oxygen atoms in total. The van der Waals surface area contributed by atoms with Crippen molar-refractivity contribution in [1.29, 1.82) is 0 Å². The molecule has 0 aromatic heterocycles. The largest absolute Gasteiger partial charge is 0.481 e. The number of rotatable bonds is 5. The molecule has 0 radical (unpaired) electrons. The number of nitrogens with one attached hydrogen (secondary N) is 1. The van der Waals surface area contributed by atoms with E-state index in [2.05, 4.69) is 12.2 Å². The van der Waals surface area contributed by atoms with E-state index in [0.29, 0.717) is 5.92 Å². The minimum absolute atomic E-state index is 0.00298. The fourth-order valence-electron chi connectivity index (χ4n) is 4.30. The predicted molar refractivity (Wildman–Crippen MR) is 87.8 cm³/mol. The molecule has 1 aromatic rings. The molecule has 0 saturated heterocycles. The first-order valence-electron chi connectivity index (χ1n) is 8.56. The summed E-state index contributed by atoms with van der Waals surface area (Å²) in [6, 6.07) is 8.09. The third-order valence-corrected chi connectivity index (χ3v) is 5.48. The van der Waals surface area contributed by atoms with Crippen LogP contribution in [0.4, 0.5) is 0 Å². The van der Waals surface area contributed by atoms with Gasteiger partial charge >= 0.3 is 0 Å². The number of amides is 1. The van der Waals surface area contributed by atoms with Crippen LogP contribution in [0.25, 0.3) is 0 Å². The van der Waals surface area contributed by atoms with Crippen LogP contribution in [0.5, 0.6) is 5.75 Å². The van der Waals surface area contributed by atoms with E-state index in [9.17, 15) is 4.79 Å². The van der Waals surface area contributed by atoms with Crippen LogP contribution < -0.4 is 10.1 Å². The molecule has 5 atom stereocenters. The average Bonchev–Trinajstić information content (AvgIpc) is 3.09. The molecule has 3 rings (SSSR count). The van der Waals surface area contributed by atoms with Gasteiger partial charge in [-0.3, -0.25) is 4.79 Å². The van der Waals surface area contributed by atoms with Crippen molar-refractivity contribution in [3.8, 4) is 5.75 Å². The van der Waals surface area contributed by atoms with Gasteiger partial charge in [0, 0.05) is 6.04 Å². The van der Waals surface area contributed by atoms with Crippen molar-refractivity contribution in [3.05, 3.63) is 29.8 Å². The Morgan fingerprint density at radius 2 is 2.09 bits per heavy atom. The SMILES string of the molecule is Cc1cccc(O[C@@H](C)C(=O)N[C@H](C)[C@@H]2C[C@@H]3CC[C@@H]2C3)c1. The van der Waals surface area contributed by atoms with Gasteiger partial charge < -0.3 is 10.1 Å². The summed E-state index contributed by atoms with van der Waals surface area (Å²) < 4.78 is 5.77. The van der Waals surface area contributed by atoms with Crippen LogP contribution in [0.1, 0.15) is 45.1 Å². The number of carbonyl (C=O) groups excluding carboxylic acids is 1. The molecule has 1 amide bonds. The highest BCUT2D eigenvalue weighted by molar-refractivity contribution is 5.81. The van der Waals surface area contributed by atoms with E-state index in [-0.39, 0.29) is 11.9 Å². The first-order chi connectivity index (χ1) is 10.5. The highest BCUT2D eigenvalue weighted by Crippen LogP contribution is 2.49. The fraction of sp³-hybridized carbons (Fsp3) is 0.632. The summed E-state index contributed by atoms with van der Waals surface area (Å²) in [6.07, 6.45) is 4.96.